The zero-order valence-corrected chi connectivity index (χ0v) is 15.6. The zero-order valence-electron chi connectivity index (χ0n) is 15.6. The molecular weight excluding hydrogens is 324 g/mol. The molecule has 0 saturated carbocycles. The average molecular weight is 348 g/mol. The molecule has 0 saturated heterocycles. The summed E-state index contributed by atoms with van der Waals surface area (Å²) in [7, 11) is 1.65. The van der Waals surface area contributed by atoms with Crippen molar-refractivity contribution in [1.82, 2.24) is 9.88 Å². The average Bonchev–Trinajstić information content (AvgIpc) is 2.99. The van der Waals surface area contributed by atoms with Gasteiger partial charge < -0.3 is 14.6 Å². The molecule has 1 N–H and O–H groups in total. The van der Waals surface area contributed by atoms with Crippen molar-refractivity contribution in [1.29, 1.82) is 0 Å². The largest absolute Gasteiger partial charge is 0.497 e. The first-order valence-electron chi connectivity index (χ1n) is 8.74. The van der Waals surface area contributed by atoms with Crippen molar-refractivity contribution in [3.8, 4) is 22.7 Å². The van der Waals surface area contributed by atoms with Crippen LogP contribution in [0.4, 0.5) is 0 Å². The molecule has 3 rings (SSSR count). The second-order valence-electron chi connectivity index (χ2n) is 6.56. The lowest BCUT2D eigenvalue weighted by Gasteiger charge is -2.13. The minimum absolute atomic E-state index is 0.0590. The highest BCUT2D eigenvalue weighted by Crippen LogP contribution is 2.31. The molecule has 3 aromatic rings. The van der Waals surface area contributed by atoms with Crippen LogP contribution in [0.25, 0.3) is 16.9 Å². The molecule has 0 bridgehead atoms. The molecule has 0 radical (unpaired) electrons. The van der Waals surface area contributed by atoms with Crippen molar-refractivity contribution in [2.24, 2.45) is 0 Å². The second-order valence-corrected chi connectivity index (χ2v) is 6.56. The molecule has 4 nitrogen and oxygen atoms in total. The van der Waals surface area contributed by atoms with Gasteiger partial charge in [-0.05, 0) is 51.1 Å². The molecule has 0 atom stereocenters. The number of amides is 1. The standard InChI is InChI=1S/C22H24N2O2/c1-15(2)23-22(25)20-14-21(17-9-8-12-19(13-17)26-4)24(16(20)3)18-10-6-5-7-11-18/h5-15H,1-4H3,(H,23,25). The van der Waals surface area contributed by atoms with E-state index in [1.165, 1.54) is 0 Å². The third-order valence-corrected chi connectivity index (χ3v) is 4.29. The fourth-order valence-electron chi connectivity index (χ4n) is 3.08. The van der Waals surface area contributed by atoms with Gasteiger partial charge in [-0.1, -0.05) is 30.3 Å². The number of nitrogens with zero attached hydrogens (tertiary/aromatic N) is 1. The van der Waals surface area contributed by atoms with Gasteiger partial charge in [0.25, 0.3) is 5.91 Å². The van der Waals surface area contributed by atoms with Gasteiger partial charge in [0.1, 0.15) is 5.75 Å². The van der Waals surface area contributed by atoms with Crippen LogP contribution >= 0.6 is 0 Å². The number of carbonyl (C=O) groups is 1. The Bertz CT molecular complexity index is 911. The lowest BCUT2D eigenvalue weighted by Crippen LogP contribution is -2.30. The number of hydrogen-bond donors (Lipinski definition) is 1. The highest BCUT2D eigenvalue weighted by Gasteiger charge is 2.20. The highest BCUT2D eigenvalue weighted by molar-refractivity contribution is 5.97. The number of aromatic nitrogens is 1. The van der Waals surface area contributed by atoms with Crippen molar-refractivity contribution in [3.63, 3.8) is 0 Å². The van der Waals surface area contributed by atoms with Crippen LogP contribution in [0, 0.1) is 6.92 Å². The van der Waals surface area contributed by atoms with Crippen molar-refractivity contribution in [2.75, 3.05) is 7.11 Å². The number of methoxy groups -OCH3 is 1. The quantitative estimate of drug-likeness (QED) is 0.732. The predicted octanol–water partition coefficient (Wildman–Crippen LogP) is 4.60. The van der Waals surface area contributed by atoms with Crippen LogP contribution in [0.3, 0.4) is 0 Å². The van der Waals surface area contributed by atoms with E-state index in [1.54, 1.807) is 7.11 Å². The van der Waals surface area contributed by atoms with E-state index < -0.39 is 0 Å². The Morgan fingerprint density at radius 2 is 1.77 bits per heavy atom. The summed E-state index contributed by atoms with van der Waals surface area (Å²) in [5, 5.41) is 2.99. The molecule has 0 aliphatic heterocycles. The predicted molar refractivity (Wildman–Crippen MR) is 105 cm³/mol. The van der Waals surface area contributed by atoms with E-state index >= 15 is 0 Å². The summed E-state index contributed by atoms with van der Waals surface area (Å²) in [4.78, 5) is 12.7. The fraction of sp³-hybridized carbons (Fsp3) is 0.227. The zero-order chi connectivity index (χ0) is 18.7. The third kappa shape index (κ3) is 3.49. The van der Waals surface area contributed by atoms with Crippen LogP contribution < -0.4 is 10.1 Å². The normalized spacial score (nSPS) is 10.8. The maximum atomic E-state index is 12.7. The lowest BCUT2D eigenvalue weighted by molar-refractivity contribution is 0.0942. The van der Waals surface area contributed by atoms with E-state index in [0.717, 1.165) is 28.4 Å². The Hall–Kier alpha value is -3.01. The molecule has 0 unspecified atom stereocenters. The minimum atomic E-state index is -0.0590. The molecule has 0 fully saturated rings. The van der Waals surface area contributed by atoms with Crippen molar-refractivity contribution < 1.29 is 9.53 Å². The topological polar surface area (TPSA) is 43.3 Å². The van der Waals surface area contributed by atoms with Crippen LogP contribution in [0.1, 0.15) is 29.9 Å². The summed E-state index contributed by atoms with van der Waals surface area (Å²) < 4.78 is 7.49. The number of carbonyl (C=O) groups excluding carboxylic acids is 1. The van der Waals surface area contributed by atoms with Gasteiger partial charge in [-0.3, -0.25) is 4.79 Å². The Morgan fingerprint density at radius 1 is 1.04 bits per heavy atom. The molecule has 0 aliphatic rings. The monoisotopic (exact) mass is 348 g/mol. The fourth-order valence-corrected chi connectivity index (χ4v) is 3.08. The first-order valence-corrected chi connectivity index (χ1v) is 8.74. The van der Waals surface area contributed by atoms with E-state index in [0.29, 0.717) is 5.56 Å². The Kier molecular flexibility index (Phi) is 5.12. The van der Waals surface area contributed by atoms with Crippen LogP contribution in [0.15, 0.2) is 60.7 Å². The number of para-hydroxylation sites is 1. The first kappa shape index (κ1) is 17.8. The van der Waals surface area contributed by atoms with Crippen molar-refractivity contribution in [3.05, 3.63) is 71.9 Å². The number of benzene rings is 2. The van der Waals surface area contributed by atoms with Crippen LogP contribution in [-0.4, -0.2) is 23.6 Å². The molecule has 1 heterocycles. The number of hydrogen-bond acceptors (Lipinski definition) is 2. The molecular formula is C22H24N2O2. The third-order valence-electron chi connectivity index (χ3n) is 4.29. The van der Waals surface area contributed by atoms with Crippen LogP contribution in [0.5, 0.6) is 5.75 Å². The Labute approximate surface area is 154 Å². The van der Waals surface area contributed by atoms with Gasteiger partial charge in [0.15, 0.2) is 0 Å². The van der Waals surface area contributed by atoms with Crippen LogP contribution in [0.2, 0.25) is 0 Å². The SMILES string of the molecule is COc1cccc(-c2cc(C(=O)NC(C)C)c(C)n2-c2ccccc2)c1. The molecule has 1 aromatic heterocycles. The summed E-state index contributed by atoms with van der Waals surface area (Å²) in [5.41, 5.74) is 4.57. The lowest BCUT2D eigenvalue weighted by atomic mass is 10.1. The van der Waals surface area contributed by atoms with Gasteiger partial charge in [-0.15, -0.1) is 0 Å². The molecule has 134 valence electrons. The molecule has 4 heteroatoms. The van der Waals surface area contributed by atoms with E-state index in [9.17, 15) is 4.79 Å². The maximum Gasteiger partial charge on any atom is 0.253 e. The van der Waals surface area contributed by atoms with Gasteiger partial charge in [0.05, 0.1) is 18.4 Å². The molecule has 0 spiro atoms. The van der Waals surface area contributed by atoms with Crippen molar-refractivity contribution >= 4 is 5.91 Å². The number of nitrogens with one attached hydrogen (secondary N) is 1. The summed E-state index contributed by atoms with van der Waals surface area (Å²) >= 11 is 0. The molecule has 1 amide bonds. The van der Waals surface area contributed by atoms with Gasteiger partial charge in [-0.25, -0.2) is 0 Å². The number of rotatable bonds is 5. The molecule has 2 aromatic carbocycles. The van der Waals surface area contributed by atoms with Crippen LogP contribution in [-0.2, 0) is 0 Å². The van der Waals surface area contributed by atoms with Gasteiger partial charge in [0.2, 0.25) is 0 Å². The van der Waals surface area contributed by atoms with E-state index in [4.69, 9.17) is 4.74 Å². The summed E-state index contributed by atoms with van der Waals surface area (Å²) in [5.74, 6) is 0.727. The first-order chi connectivity index (χ1) is 12.5. The summed E-state index contributed by atoms with van der Waals surface area (Å²) in [6.45, 7) is 5.90. The Balaban J connectivity index is 2.20. The number of ether oxygens (including phenoxy) is 1. The maximum absolute atomic E-state index is 12.7. The van der Waals surface area contributed by atoms with Gasteiger partial charge >= 0.3 is 0 Å². The summed E-state index contributed by atoms with van der Waals surface area (Å²) in [6.07, 6.45) is 0. The van der Waals surface area contributed by atoms with E-state index in [2.05, 4.69) is 9.88 Å². The summed E-state index contributed by atoms with van der Waals surface area (Å²) in [6, 6.07) is 20.0. The van der Waals surface area contributed by atoms with Crippen molar-refractivity contribution in [2.45, 2.75) is 26.8 Å². The Morgan fingerprint density at radius 3 is 2.42 bits per heavy atom. The van der Waals surface area contributed by atoms with E-state index in [1.807, 2.05) is 81.4 Å². The van der Waals surface area contributed by atoms with Gasteiger partial charge in [-0.2, -0.15) is 0 Å². The minimum Gasteiger partial charge on any atom is -0.497 e. The smallest absolute Gasteiger partial charge is 0.253 e. The highest BCUT2D eigenvalue weighted by atomic mass is 16.5. The molecule has 0 aliphatic carbocycles. The second kappa shape index (κ2) is 7.48. The van der Waals surface area contributed by atoms with Gasteiger partial charge in [0, 0.05) is 23.0 Å². The van der Waals surface area contributed by atoms with E-state index in [-0.39, 0.29) is 11.9 Å². The molecule has 26 heavy (non-hydrogen) atoms.